The normalized spacial score (nSPS) is 12.9. The van der Waals surface area contributed by atoms with Crippen molar-refractivity contribution in [3.05, 3.63) is 53.6 Å². The quantitative estimate of drug-likeness (QED) is 0.523. The SMILES string of the molecule is CC(C)Oc1ccccc1C(C)(C)C1=[C-]CC=C1.Cl.Cl.[Ti]. The van der Waals surface area contributed by atoms with Crippen molar-refractivity contribution in [3.8, 4) is 5.75 Å². The smallest absolute Gasteiger partial charge is 0.123 e. The summed E-state index contributed by atoms with van der Waals surface area (Å²) in [6, 6.07) is 8.30. The minimum Gasteiger partial charge on any atom is -0.491 e. The fourth-order valence-corrected chi connectivity index (χ4v) is 2.32. The Kier molecular flexibility index (Phi) is 10.7. The second-order valence-corrected chi connectivity index (χ2v) is 5.48. The molecule has 1 aliphatic carbocycles. The summed E-state index contributed by atoms with van der Waals surface area (Å²) in [5.41, 5.74) is 2.42. The van der Waals surface area contributed by atoms with E-state index in [2.05, 4.69) is 64.1 Å². The largest absolute Gasteiger partial charge is 0.491 e. The van der Waals surface area contributed by atoms with Gasteiger partial charge in [-0.2, -0.15) is 6.08 Å². The maximum atomic E-state index is 5.93. The molecule has 1 nitrogen and oxygen atoms in total. The van der Waals surface area contributed by atoms with E-state index in [4.69, 9.17) is 4.74 Å². The first-order valence-electron chi connectivity index (χ1n) is 6.56. The van der Waals surface area contributed by atoms with Gasteiger partial charge in [0.2, 0.25) is 0 Å². The number of hydrogen-bond acceptors (Lipinski definition) is 1. The molecule has 1 aliphatic rings. The van der Waals surface area contributed by atoms with Crippen molar-refractivity contribution in [2.45, 2.75) is 45.6 Å². The van der Waals surface area contributed by atoms with Crippen LogP contribution in [-0.2, 0) is 27.1 Å². The van der Waals surface area contributed by atoms with Crippen molar-refractivity contribution in [1.29, 1.82) is 0 Å². The third-order valence-corrected chi connectivity index (χ3v) is 3.29. The molecule has 0 bridgehead atoms. The number of benzene rings is 1. The summed E-state index contributed by atoms with van der Waals surface area (Å²) in [6.07, 6.45) is 8.87. The van der Waals surface area contributed by atoms with Gasteiger partial charge >= 0.3 is 0 Å². The van der Waals surface area contributed by atoms with Crippen LogP contribution < -0.4 is 4.74 Å². The van der Waals surface area contributed by atoms with Crippen molar-refractivity contribution in [1.82, 2.24) is 0 Å². The number of para-hydroxylation sites is 1. The Morgan fingerprint density at radius 2 is 1.76 bits per heavy atom. The van der Waals surface area contributed by atoms with Gasteiger partial charge in [0.05, 0.1) is 6.10 Å². The van der Waals surface area contributed by atoms with Gasteiger partial charge in [0.15, 0.2) is 0 Å². The maximum absolute atomic E-state index is 5.93. The van der Waals surface area contributed by atoms with E-state index in [1.54, 1.807) is 0 Å². The van der Waals surface area contributed by atoms with Crippen molar-refractivity contribution in [3.63, 3.8) is 0 Å². The van der Waals surface area contributed by atoms with Gasteiger partial charge in [-0.1, -0.05) is 32.0 Å². The molecule has 0 saturated heterocycles. The third-order valence-electron chi connectivity index (χ3n) is 3.29. The van der Waals surface area contributed by atoms with E-state index in [0.29, 0.717) is 0 Å². The Morgan fingerprint density at radius 1 is 1.14 bits per heavy atom. The molecule has 0 radical (unpaired) electrons. The van der Waals surface area contributed by atoms with Crippen molar-refractivity contribution in [2.75, 3.05) is 0 Å². The molecule has 0 unspecified atom stereocenters. The molecule has 2 rings (SSSR count). The summed E-state index contributed by atoms with van der Waals surface area (Å²) in [5.74, 6) is 0.979. The summed E-state index contributed by atoms with van der Waals surface area (Å²) in [6.45, 7) is 8.58. The molecular weight excluding hydrogens is 339 g/mol. The van der Waals surface area contributed by atoms with Crippen LogP contribution in [0.4, 0.5) is 0 Å². The standard InChI is InChI=1S/C17H21O.2ClH.Ti/c1-13(2)18-16-12-8-7-11-15(16)17(3,4)14-9-5-6-10-14;;;/h5,7-9,11-13H,6H2,1-4H3;2*1H;/q-1;;;. The van der Waals surface area contributed by atoms with Crippen LogP contribution in [0.2, 0.25) is 0 Å². The fourth-order valence-electron chi connectivity index (χ4n) is 2.32. The van der Waals surface area contributed by atoms with E-state index in [0.717, 1.165) is 12.2 Å². The summed E-state index contributed by atoms with van der Waals surface area (Å²) < 4.78 is 5.93. The molecule has 1 aromatic carbocycles. The molecule has 1 aromatic rings. The molecule has 116 valence electrons. The van der Waals surface area contributed by atoms with Gasteiger partial charge in [-0.15, -0.1) is 31.2 Å². The number of rotatable bonds is 4. The van der Waals surface area contributed by atoms with E-state index in [1.807, 2.05) is 6.07 Å². The average Bonchev–Trinajstić information content (AvgIpc) is 2.82. The van der Waals surface area contributed by atoms with Crippen molar-refractivity contribution in [2.24, 2.45) is 0 Å². The predicted molar refractivity (Wildman–Crippen MR) is 90.2 cm³/mol. The summed E-state index contributed by atoms with van der Waals surface area (Å²) >= 11 is 0. The number of allylic oxidation sites excluding steroid dienone is 4. The number of ether oxygens (including phenoxy) is 1. The Labute approximate surface area is 155 Å². The van der Waals surface area contributed by atoms with Gasteiger partial charge in [0, 0.05) is 27.3 Å². The second kappa shape index (κ2) is 9.74. The molecule has 0 fully saturated rings. The van der Waals surface area contributed by atoms with Crippen molar-refractivity contribution >= 4 is 24.8 Å². The third kappa shape index (κ3) is 5.49. The average molecular weight is 362 g/mol. The van der Waals surface area contributed by atoms with Gasteiger partial charge in [-0.05, 0) is 25.3 Å². The van der Waals surface area contributed by atoms with E-state index < -0.39 is 0 Å². The summed E-state index contributed by atoms with van der Waals surface area (Å²) in [5, 5.41) is 0. The molecular formula is C17H23Cl2OTi-. The Hall–Kier alpha value is -0.206. The zero-order valence-corrected chi connectivity index (χ0v) is 16.2. The molecule has 0 spiro atoms. The molecule has 4 heteroatoms. The number of hydrogen-bond donors (Lipinski definition) is 0. The second-order valence-electron chi connectivity index (χ2n) is 5.48. The van der Waals surface area contributed by atoms with Gasteiger partial charge in [-0.25, -0.2) is 11.6 Å². The zero-order valence-electron chi connectivity index (χ0n) is 13.0. The van der Waals surface area contributed by atoms with Crippen LogP contribution in [0.25, 0.3) is 0 Å². The van der Waals surface area contributed by atoms with Crippen LogP contribution in [0.15, 0.2) is 42.0 Å². The van der Waals surface area contributed by atoms with Crippen LogP contribution in [0.5, 0.6) is 5.75 Å². The van der Waals surface area contributed by atoms with Gasteiger partial charge in [-0.3, -0.25) is 6.08 Å². The van der Waals surface area contributed by atoms with E-state index >= 15 is 0 Å². The van der Waals surface area contributed by atoms with Crippen LogP contribution >= 0.6 is 24.8 Å². The molecule has 0 aliphatic heterocycles. The van der Waals surface area contributed by atoms with E-state index in [-0.39, 0.29) is 58.1 Å². The minimum absolute atomic E-state index is 0. The van der Waals surface area contributed by atoms with Gasteiger partial charge in [0.25, 0.3) is 0 Å². The van der Waals surface area contributed by atoms with E-state index in [1.165, 1.54) is 11.1 Å². The van der Waals surface area contributed by atoms with Crippen LogP contribution in [0, 0.1) is 6.08 Å². The maximum Gasteiger partial charge on any atom is 0.123 e. The molecule has 0 saturated carbocycles. The molecule has 0 N–H and O–H groups in total. The molecule has 0 heterocycles. The van der Waals surface area contributed by atoms with Crippen LogP contribution in [-0.4, -0.2) is 6.10 Å². The first-order valence-corrected chi connectivity index (χ1v) is 6.56. The van der Waals surface area contributed by atoms with Crippen molar-refractivity contribution < 1.29 is 26.5 Å². The van der Waals surface area contributed by atoms with Crippen LogP contribution in [0.1, 0.15) is 39.7 Å². The Bertz CT molecular complexity index is 493. The Morgan fingerprint density at radius 3 is 2.29 bits per heavy atom. The molecule has 0 atom stereocenters. The van der Waals surface area contributed by atoms with E-state index in [9.17, 15) is 0 Å². The first kappa shape index (κ1) is 23.1. The minimum atomic E-state index is -0.0571. The zero-order chi connectivity index (χ0) is 13.2. The topological polar surface area (TPSA) is 9.23 Å². The van der Waals surface area contributed by atoms with Crippen LogP contribution in [0.3, 0.4) is 0 Å². The molecule has 21 heavy (non-hydrogen) atoms. The summed E-state index contributed by atoms with van der Waals surface area (Å²) in [4.78, 5) is 0. The number of halogens is 2. The molecule has 0 aromatic heterocycles. The van der Waals surface area contributed by atoms with Gasteiger partial charge < -0.3 is 4.74 Å². The predicted octanol–water partition coefficient (Wildman–Crippen LogP) is 5.28. The first-order chi connectivity index (χ1) is 8.51. The summed E-state index contributed by atoms with van der Waals surface area (Å²) in [7, 11) is 0. The fraction of sp³-hybridized carbons (Fsp3) is 0.412. The monoisotopic (exact) mass is 361 g/mol. The molecule has 0 amide bonds. The Balaban J connectivity index is 0. The van der Waals surface area contributed by atoms with Gasteiger partial charge in [0.1, 0.15) is 5.75 Å².